The fourth-order valence-corrected chi connectivity index (χ4v) is 2.42. The number of carbonyl (C=O) groups is 1. The number of aromatic nitrogens is 2. The van der Waals surface area contributed by atoms with E-state index < -0.39 is 23.7 Å². The lowest BCUT2D eigenvalue weighted by molar-refractivity contribution is 0.0683. The molecule has 0 saturated carbocycles. The molecule has 1 aromatic carbocycles. The predicted octanol–water partition coefficient (Wildman–Crippen LogP) is 3.43. The molecule has 0 aliphatic carbocycles. The Bertz CT molecular complexity index is 655. The molecule has 0 radical (unpaired) electrons. The number of aryl methyl sites for hydroxylation is 3. The molecule has 6 heteroatoms. The van der Waals surface area contributed by atoms with Crippen LogP contribution in [0.1, 0.15) is 39.2 Å². The first-order valence-electron chi connectivity index (χ1n) is 6.00. The largest absolute Gasteiger partial charge is 0.478 e. The van der Waals surface area contributed by atoms with Gasteiger partial charge in [0.25, 0.3) is 6.43 Å². The highest BCUT2D eigenvalue weighted by atomic mass is 19.3. The van der Waals surface area contributed by atoms with Crippen LogP contribution in [0.2, 0.25) is 0 Å². The van der Waals surface area contributed by atoms with E-state index in [2.05, 4.69) is 5.10 Å². The molecule has 106 valence electrons. The Morgan fingerprint density at radius 3 is 2.25 bits per heavy atom. The smallest absolute Gasteiger partial charge is 0.339 e. The van der Waals surface area contributed by atoms with Crippen LogP contribution in [0.4, 0.5) is 8.78 Å². The van der Waals surface area contributed by atoms with Gasteiger partial charge in [0.2, 0.25) is 0 Å². The zero-order valence-electron chi connectivity index (χ0n) is 11.3. The van der Waals surface area contributed by atoms with E-state index in [1.54, 1.807) is 13.8 Å². The van der Waals surface area contributed by atoms with Crippen LogP contribution in [0.15, 0.2) is 18.3 Å². The van der Waals surface area contributed by atoms with Crippen molar-refractivity contribution in [2.45, 2.75) is 27.2 Å². The molecule has 1 N–H and O–H groups in total. The van der Waals surface area contributed by atoms with E-state index in [0.29, 0.717) is 5.69 Å². The fourth-order valence-electron chi connectivity index (χ4n) is 2.42. The van der Waals surface area contributed by atoms with Gasteiger partial charge in [-0.15, -0.1) is 0 Å². The number of hydrogen-bond acceptors (Lipinski definition) is 2. The Morgan fingerprint density at radius 1 is 1.25 bits per heavy atom. The van der Waals surface area contributed by atoms with Crippen molar-refractivity contribution in [1.82, 2.24) is 9.78 Å². The van der Waals surface area contributed by atoms with Crippen LogP contribution in [0.5, 0.6) is 0 Å². The van der Waals surface area contributed by atoms with E-state index in [1.807, 2.05) is 19.1 Å². The summed E-state index contributed by atoms with van der Waals surface area (Å²) in [5, 5.41) is 12.8. The molecule has 1 aromatic heterocycles. The van der Waals surface area contributed by atoms with E-state index in [9.17, 15) is 13.6 Å². The Morgan fingerprint density at radius 2 is 1.80 bits per heavy atom. The van der Waals surface area contributed by atoms with Crippen molar-refractivity contribution in [3.8, 4) is 5.69 Å². The van der Waals surface area contributed by atoms with Gasteiger partial charge in [-0.05, 0) is 31.9 Å². The minimum atomic E-state index is -2.91. The second-order valence-electron chi connectivity index (χ2n) is 4.71. The Labute approximate surface area is 114 Å². The van der Waals surface area contributed by atoms with Crippen molar-refractivity contribution in [1.29, 1.82) is 0 Å². The Hall–Kier alpha value is -2.24. The van der Waals surface area contributed by atoms with Gasteiger partial charge in [0.1, 0.15) is 11.3 Å². The molecule has 4 nitrogen and oxygen atoms in total. The van der Waals surface area contributed by atoms with Crippen molar-refractivity contribution in [3.05, 3.63) is 46.3 Å². The second kappa shape index (κ2) is 5.03. The van der Waals surface area contributed by atoms with Crippen molar-refractivity contribution >= 4 is 5.97 Å². The third-order valence-corrected chi connectivity index (χ3v) is 3.09. The van der Waals surface area contributed by atoms with E-state index in [4.69, 9.17) is 5.11 Å². The Kier molecular flexibility index (Phi) is 3.57. The van der Waals surface area contributed by atoms with Crippen molar-refractivity contribution in [2.24, 2.45) is 0 Å². The summed E-state index contributed by atoms with van der Waals surface area (Å²) >= 11 is 0. The van der Waals surface area contributed by atoms with Gasteiger partial charge in [-0.25, -0.2) is 18.3 Å². The number of hydrogen-bond donors (Lipinski definition) is 1. The maximum absolute atomic E-state index is 13.2. The zero-order chi connectivity index (χ0) is 15.0. The number of carboxylic acids is 1. The molecule has 0 aliphatic heterocycles. The third-order valence-electron chi connectivity index (χ3n) is 3.09. The topological polar surface area (TPSA) is 55.1 Å². The molecule has 0 spiro atoms. The molecule has 2 rings (SSSR count). The van der Waals surface area contributed by atoms with Gasteiger partial charge >= 0.3 is 5.97 Å². The summed E-state index contributed by atoms with van der Waals surface area (Å²) in [6.45, 7) is 5.48. The van der Waals surface area contributed by atoms with Gasteiger partial charge < -0.3 is 5.11 Å². The van der Waals surface area contributed by atoms with Gasteiger partial charge in [0.05, 0.1) is 11.9 Å². The highest BCUT2D eigenvalue weighted by molar-refractivity contribution is 5.89. The molecule has 20 heavy (non-hydrogen) atoms. The summed E-state index contributed by atoms with van der Waals surface area (Å²) < 4.78 is 27.4. The van der Waals surface area contributed by atoms with Gasteiger partial charge in [0.15, 0.2) is 0 Å². The van der Waals surface area contributed by atoms with Crippen LogP contribution >= 0.6 is 0 Å². The fraction of sp³-hybridized carbons (Fsp3) is 0.286. The lowest BCUT2D eigenvalue weighted by Crippen LogP contribution is -2.10. The molecular formula is C14H14F2N2O2. The molecule has 2 aromatic rings. The Balaban J connectivity index is 2.74. The third kappa shape index (κ3) is 2.29. The minimum Gasteiger partial charge on any atom is -0.478 e. The molecule has 0 bridgehead atoms. The maximum Gasteiger partial charge on any atom is 0.339 e. The SMILES string of the molecule is Cc1cc(C)c(-n2ncc(C(=O)O)c2C(F)F)c(C)c1. The molecule has 0 saturated heterocycles. The molecule has 0 unspecified atom stereocenters. The zero-order valence-corrected chi connectivity index (χ0v) is 11.3. The van der Waals surface area contributed by atoms with Gasteiger partial charge in [-0.1, -0.05) is 17.7 Å². The average molecular weight is 280 g/mol. The molecule has 0 aliphatic rings. The summed E-state index contributed by atoms with van der Waals surface area (Å²) in [6.07, 6.45) is -1.95. The second-order valence-corrected chi connectivity index (χ2v) is 4.71. The lowest BCUT2D eigenvalue weighted by atomic mass is 10.0. The number of rotatable bonds is 3. The van der Waals surface area contributed by atoms with Crippen LogP contribution in [0.25, 0.3) is 5.69 Å². The summed E-state index contributed by atoms with van der Waals surface area (Å²) in [5.41, 5.74) is 1.98. The van der Waals surface area contributed by atoms with E-state index in [0.717, 1.165) is 27.6 Å². The first kappa shape index (κ1) is 14.2. The number of aromatic carboxylic acids is 1. The number of benzene rings is 1. The monoisotopic (exact) mass is 280 g/mol. The van der Waals surface area contributed by atoms with Crippen LogP contribution in [-0.4, -0.2) is 20.9 Å². The summed E-state index contributed by atoms with van der Waals surface area (Å²) in [7, 11) is 0. The first-order chi connectivity index (χ1) is 9.32. The van der Waals surface area contributed by atoms with E-state index in [1.165, 1.54) is 0 Å². The summed E-state index contributed by atoms with van der Waals surface area (Å²) in [4.78, 5) is 11.0. The molecule has 1 heterocycles. The first-order valence-corrected chi connectivity index (χ1v) is 6.00. The number of halogens is 2. The van der Waals surface area contributed by atoms with Crippen molar-refractivity contribution in [3.63, 3.8) is 0 Å². The standard InChI is InChI=1S/C14H14F2N2O2/c1-7-4-8(2)11(9(3)5-7)18-12(13(15)16)10(6-17-18)14(19)20/h4-6,13H,1-3H3,(H,19,20). The average Bonchev–Trinajstić information content (AvgIpc) is 2.72. The highest BCUT2D eigenvalue weighted by Gasteiger charge is 2.26. The maximum atomic E-state index is 13.2. The van der Waals surface area contributed by atoms with Crippen LogP contribution in [0.3, 0.4) is 0 Å². The lowest BCUT2D eigenvalue weighted by Gasteiger charge is -2.14. The molecule has 0 fully saturated rings. The van der Waals surface area contributed by atoms with E-state index in [-0.39, 0.29) is 0 Å². The normalized spacial score (nSPS) is 11.1. The van der Waals surface area contributed by atoms with Gasteiger partial charge in [0, 0.05) is 0 Å². The van der Waals surface area contributed by atoms with Gasteiger partial charge in [-0.3, -0.25) is 0 Å². The van der Waals surface area contributed by atoms with Gasteiger partial charge in [-0.2, -0.15) is 5.10 Å². The summed E-state index contributed by atoms with van der Waals surface area (Å²) in [6, 6.07) is 3.69. The van der Waals surface area contributed by atoms with Crippen LogP contribution < -0.4 is 0 Å². The molecule has 0 atom stereocenters. The quantitative estimate of drug-likeness (QED) is 0.937. The number of nitrogens with zero attached hydrogens (tertiary/aromatic N) is 2. The van der Waals surface area contributed by atoms with E-state index >= 15 is 0 Å². The minimum absolute atomic E-state index is 0.473. The van der Waals surface area contributed by atoms with Crippen LogP contribution in [-0.2, 0) is 0 Å². The highest BCUT2D eigenvalue weighted by Crippen LogP contribution is 2.29. The molecular weight excluding hydrogens is 266 g/mol. The number of alkyl halides is 2. The predicted molar refractivity (Wildman–Crippen MR) is 69.7 cm³/mol. The van der Waals surface area contributed by atoms with Crippen molar-refractivity contribution in [2.75, 3.05) is 0 Å². The van der Waals surface area contributed by atoms with Crippen molar-refractivity contribution < 1.29 is 18.7 Å². The summed E-state index contributed by atoms with van der Waals surface area (Å²) in [5.74, 6) is -1.41. The van der Waals surface area contributed by atoms with Crippen LogP contribution in [0, 0.1) is 20.8 Å². The number of carboxylic acid groups (broad SMARTS) is 1. The molecule has 0 amide bonds.